The summed E-state index contributed by atoms with van der Waals surface area (Å²) in [6.45, 7) is 2.23. The van der Waals surface area contributed by atoms with Gasteiger partial charge in [-0.25, -0.2) is 0 Å². The fourth-order valence-electron chi connectivity index (χ4n) is 1.31. The van der Waals surface area contributed by atoms with Crippen LogP contribution in [0.2, 0.25) is 0 Å². The third-order valence-electron chi connectivity index (χ3n) is 2.09. The number of rotatable bonds is 3. The molecule has 1 aromatic rings. The summed E-state index contributed by atoms with van der Waals surface area (Å²) in [6.07, 6.45) is 0. The van der Waals surface area contributed by atoms with Gasteiger partial charge in [-0.1, -0.05) is 23.8 Å². The van der Waals surface area contributed by atoms with Crippen LogP contribution in [0.25, 0.3) is 0 Å². The molecule has 0 aliphatic heterocycles. The number of likely N-dealkylation sites (N-methyl/N-ethyl adjacent to an activating group) is 1. The Hall–Kier alpha value is -0.940. The van der Waals surface area contributed by atoms with Crippen molar-refractivity contribution in [3.63, 3.8) is 0 Å². The van der Waals surface area contributed by atoms with Crippen LogP contribution < -0.4 is 5.73 Å². The SMILES string of the molecule is Cc1ccc(Br)c(C(=O)N(C)CC(N)=S)c1. The van der Waals surface area contributed by atoms with Crippen molar-refractivity contribution in [2.75, 3.05) is 13.6 Å². The van der Waals surface area contributed by atoms with Crippen LogP contribution in [-0.2, 0) is 0 Å². The molecule has 0 saturated carbocycles. The topological polar surface area (TPSA) is 46.3 Å². The van der Waals surface area contributed by atoms with Gasteiger partial charge >= 0.3 is 0 Å². The standard InChI is InChI=1S/C11H13BrN2OS/c1-7-3-4-9(12)8(5-7)11(15)14(2)6-10(13)16/h3-5H,6H2,1-2H3,(H2,13,16). The van der Waals surface area contributed by atoms with Crippen LogP contribution in [0.3, 0.4) is 0 Å². The molecule has 0 bridgehead atoms. The van der Waals surface area contributed by atoms with Gasteiger partial charge in [0.25, 0.3) is 5.91 Å². The number of nitrogens with zero attached hydrogens (tertiary/aromatic N) is 1. The highest BCUT2D eigenvalue weighted by Crippen LogP contribution is 2.19. The van der Waals surface area contributed by atoms with E-state index in [1.807, 2.05) is 25.1 Å². The molecule has 1 aromatic carbocycles. The van der Waals surface area contributed by atoms with Crippen molar-refractivity contribution in [1.82, 2.24) is 4.90 Å². The number of carbonyl (C=O) groups excluding carboxylic acids is 1. The largest absolute Gasteiger partial charge is 0.392 e. The molecule has 0 radical (unpaired) electrons. The van der Waals surface area contributed by atoms with Gasteiger partial charge < -0.3 is 10.6 Å². The van der Waals surface area contributed by atoms with E-state index in [0.717, 1.165) is 10.0 Å². The van der Waals surface area contributed by atoms with Gasteiger partial charge in [0.15, 0.2) is 0 Å². The minimum absolute atomic E-state index is 0.0941. The van der Waals surface area contributed by atoms with Crippen LogP contribution in [0.5, 0.6) is 0 Å². The van der Waals surface area contributed by atoms with Crippen molar-refractivity contribution in [2.24, 2.45) is 5.73 Å². The maximum atomic E-state index is 12.0. The lowest BCUT2D eigenvalue weighted by molar-refractivity contribution is 0.0814. The zero-order valence-corrected chi connectivity index (χ0v) is 11.6. The van der Waals surface area contributed by atoms with E-state index in [1.165, 1.54) is 4.90 Å². The zero-order chi connectivity index (χ0) is 12.3. The van der Waals surface area contributed by atoms with Crippen molar-refractivity contribution in [1.29, 1.82) is 0 Å². The summed E-state index contributed by atoms with van der Waals surface area (Å²) in [5.41, 5.74) is 7.06. The lowest BCUT2D eigenvalue weighted by atomic mass is 10.1. The summed E-state index contributed by atoms with van der Waals surface area (Å²) >= 11 is 8.13. The minimum atomic E-state index is -0.0941. The van der Waals surface area contributed by atoms with Crippen LogP contribution >= 0.6 is 28.1 Å². The molecule has 0 atom stereocenters. The van der Waals surface area contributed by atoms with Gasteiger partial charge in [-0.15, -0.1) is 0 Å². The Morgan fingerprint density at radius 2 is 2.19 bits per heavy atom. The van der Waals surface area contributed by atoms with E-state index in [2.05, 4.69) is 15.9 Å². The molecule has 0 aromatic heterocycles. The molecule has 0 aliphatic carbocycles. The van der Waals surface area contributed by atoms with E-state index in [4.69, 9.17) is 18.0 Å². The molecule has 16 heavy (non-hydrogen) atoms. The van der Waals surface area contributed by atoms with Gasteiger partial charge in [0.1, 0.15) is 0 Å². The lowest BCUT2D eigenvalue weighted by Gasteiger charge is -2.17. The molecule has 2 N–H and O–H groups in total. The van der Waals surface area contributed by atoms with Gasteiger partial charge in [0.05, 0.1) is 17.1 Å². The summed E-state index contributed by atoms with van der Waals surface area (Å²) in [5, 5.41) is 0. The Bertz CT molecular complexity index is 434. The van der Waals surface area contributed by atoms with Crippen molar-refractivity contribution >= 4 is 39.0 Å². The highest BCUT2D eigenvalue weighted by atomic mass is 79.9. The number of carbonyl (C=O) groups is 1. The van der Waals surface area contributed by atoms with E-state index in [0.29, 0.717) is 10.6 Å². The van der Waals surface area contributed by atoms with E-state index in [9.17, 15) is 4.79 Å². The Balaban J connectivity index is 2.95. The fraction of sp³-hybridized carbons (Fsp3) is 0.273. The molecule has 1 amide bonds. The first kappa shape index (κ1) is 13.1. The monoisotopic (exact) mass is 300 g/mol. The smallest absolute Gasteiger partial charge is 0.255 e. The van der Waals surface area contributed by atoms with Crippen LogP contribution in [0.15, 0.2) is 22.7 Å². The molecule has 3 nitrogen and oxygen atoms in total. The van der Waals surface area contributed by atoms with Crippen molar-refractivity contribution in [3.8, 4) is 0 Å². The van der Waals surface area contributed by atoms with Gasteiger partial charge in [-0.2, -0.15) is 0 Å². The zero-order valence-electron chi connectivity index (χ0n) is 9.16. The third-order valence-corrected chi connectivity index (χ3v) is 2.91. The predicted octanol–water partition coefficient (Wildman–Crippen LogP) is 2.12. The third kappa shape index (κ3) is 3.28. The van der Waals surface area contributed by atoms with Gasteiger partial charge in [0.2, 0.25) is 0 Å². The molecular weight excluding hydrogens is 288 g/mol. The molecular formula is C11H13BrN2OS. The quantitative estimate of drug-likeness (QED) is 0.870. The van der Waals surface area contributed by atoms with Crippen molar-refractivity contribution in [3.05, 3.63) is 33.8 Å². The minimum Gasteiger partial charge on any atom is -0.392 e. The average Bonchev–Trinajstić information content (AvgIpc) is 2.19. The Kier molecular flexibility index (Phi) is 4.44. The molecule has 86 valence electrons. The molecule has 5 heteroatoms. The molecule has 0 spiro atoms. The van der Waals surface area contributed by atoms with Crippen LogP contribution in [-0.4, -0.2) is 29.4 Å². The summed E-state index contributed by atoms with van der Waals surface area (Å²) in [4.78, 5) is 13.8. The van der Waals surface area contributed by atoms with Crippen molar-refractivity contribution in [2.45, 2.75) is 6.92 Å². The number of thiocarbonyl (C=S) groups is 1. The van der Waals surface area contributed by atoms with Gasteiger partial charge in [-0.3, -0.25) is 4.79 Å². The van der Waals surface area contributed by atoms with Crippen LogP contribution in [0, 0.1) is 6.92 Å². The van der Waals surface area contributed by atoms with E-state index in [1.54, 1.807) is 7.05 Å². The molecule has 0 saturated heterocycles. The second kappa shape index (κ2) is 5.41. The van der Waals surface area contributed by atoms with E-state index >= 15 is 0 Å². The van der Waals surface area contributed by atoms with E-state index in [-0.39, 0.29) is 12.5 Å². The number of benzene rings is 1. The number of aryl methyl sites for hydroxylation is 1. The molecule has 0 aliphatic rings. The molecule has 0 fully saturated rings. The summed E-state index contributed by atoms with van der Waals surface area (Å²) in [7, 11) is 1.68. The van der Waals surface area contributed by atoms with E-state index < -0.39 is 0 Å². The summed E-state index contributed by atoms with van der Waals surface area (Å²) < 4.78 is 0.776. The number of halogens is 1. The average molecular weight is 301 g/mol. The number of hydrogen-bond acceptors (Lipinski definition) is 2. The van der Waals surface area contributed by atoms with Crippen LogP contribution in [0.1, 0.15) is 15.9 Å². The first-order valence-electron chi connectivity index (χ1n) is 4.71. The molecule has 1 rings (SSSR count). The highest BCUT2D eigenvalue weighted by molar-refractivity contribution is 9.10. The fourth-order valence-corrected chi connectivity index (χ4v) is 1.92. The maximum absolute atomic E-state index is 12.0. The normalized spacial score (nSPS) is 9.94. The Morgan fingerprint density at radius 1 is 1.56 bits per heavy atom. The summed E-state index contributed by atoms with van der Waals surface area (Å²) in [5.74, 6) is -0.0941. The molecule has 0 unspecified atom stereocenters. The first-order valence-corrected chi connectivity index (χ1v) is 5.92. The number of amides is 1. The number of nitrogens with two attached hydrogens (primary N) is 1. The summed E-state index contributed by atoms with van der Waals surface area (Å²) in [6, 6.07) is 5.63. The van der Waals surface area contributed by atoms with Gasteiger partial charge in [-0.05, 0) is 35.0 Å². The highest BCUT2D eigenvalue weighted by Gasteiger charge is 2.15. The second-order valence-corrected chi connectivity index (χ2v) is 4.99. The first-order chi connectivity index (χ1) is 7.41. The van der Waals surface area contributed by atoms with Gasteiger partial charge in [0, 0.05) is 11.5 Å². The van der Waals surface area contributed by atoms with Crippen LogP contribution in [0.4, 0.5) is 0 Å². The molecule has 0 heterocycles. The maximum Gasteiger partial charge on any atom is 0.255 e. The predicted molar refractivity (Wildman–Crippen MR) is 72.6 cm³/mol. The lowest BCUT2D eigenvalue weighted by Crippen LogP contribution is -2.34. The second-order valence-electron chi connectivity index (χ2n) is 3.61. The Morgan fingerprint density at radius 3 is 2.75 bits per heavy atom. The van der Waals surface area contributed by atoms with Crippen molar-refractivity contribution < 1.29 is 4.79 Å². The number of hydrogen-bond donors (Lipinski definition) is 1. The Labute approximate surface area is 109 Å².